The zero-order chi connectivity index (χ0) is 20.1. The highest BCUT2D eigenvalue weighted by molar-refractivity contribution is 5.96. The molecule has 3 rings (SSSR count). The molecular formula is C23H26N2O3. The SMILES string of the molecule is COc1ccc(-n2c(C)cc(C(=O)N(CCO)Cc3ccccc3)c2C)cc1. The number of aryl methyl sites for hydroxylation is 1. The van der Waals surface area contributed by atoms with Crippen LogP contribution in [0.25, 0.3) is 5.69 Å². The molecule has 0 fully saturated rings. The van der Waals surface area contributed by atoms with Crippen molar-refractivity contribution in [1.29, 1.82) is 0 Å². The Morgan fingerprint density at radius 3 is 2.36 bits per heavy atom. The molecule has 1 N–H and O–H groups in total. The van der Waals surface area contributed by atoms with Crippen molar-refractivity contribution in [3.8, 4) is 11.4 Å². The largest absolute Gasteiger partial charge is 0.497 e. The third-order valence-corrected chi connectivity index (χ3v) is 4.87. The highest BCUT2D eigenvalue weighted by Crippen LogP contribution is 2.24. The standard InChI is InChI=1S/C23H26N2O3/c1-17-15-22(18(2)25(17)20-9-11-21(28-3)12-10-20)23(27)24(13-14-26)16-19-7-5-4-6-8-19/h4-12,15,26H,13-14,16H2,1-3H3. The first-order chi connectivity index (χ1) is 13.5. The van der Waals surface area contributed by atoms with Gasteiger partial charge in [-0.25, -0.2) is 0 Å². The fraction of sp³-hybridized carbons (Fsp3) is 0.261. The van der Waals surface area contributed by atoms with Crippen LogP contribution in [0.5, 0.6) is 5.75 Å². The van der Waals surface area contributed by atoms with Crippen LogP contribution in [0.2, 0.25) is 0 Å². The molecule has 5 nitrogen and oxygen atoms in total. The molecule has 0 bridgehead atoms. The van der Waals surface area contributed by atoms with Crippen molar-refractivity contribution in [3.05, 3.63) is 83.2 Å². The predicted octanol–water partition coefficient (Wildman–Crippen LogP) is 3.74. The number of carbonyl (C=O) groups is 1. The first-order valence-electron chi connectivity index (χ1n) is 9.32. The number of aliphatic hydroxyl groups is 1. The molecule has 0 aliphatic heterocycles. The van der Waals surface area contributed by atoms with Crippen molar-refractivity contribution >= 4 is 5.91 Å². The van der Waals surface area contributed by atoms with Crippen molar-refractivity contribution in [2.45, 2.75) is 20.4 Å². The minimum absolute atomic E-state index is 0.0736. The van der Waals surface area contributed by atoms with E-state index in [-0.39, 0.29) is 12.5 Å². The Balaban J connectivity index is 1.92. The van der Waals surface area contributed by atoms with E-state index in [1.807, 2.05) is 74.5 Å². The second-order valence-electron chi connectivity index (χ2n) is 6.75. The monoisotopic (exact) mass is 378 g/mol. The molecule has 0 aliphatic carbocycles. The summed E-state index contributed by atoms with van der Waals surface area (Å²) in [4.78, 5) is 14.9. The van der Waals surface area contributed by atoms with E-state index < -0.39 is 0 Å². The van der Waals surface area contributed by atoms with Gasteiger partial charge in [-0.1, -0.05) is 30.3 Å². The van der Waals surface area contributed by atoms with Crippen LogP contribution < -0.4 is 4.74 Å². The molecule has 0 saturated carbocycles. The van der Waals surface area contributed by atoms with Crippen LogP contribution in [-0.4, -0.2) is 40.7 Å². The Morgan fingerprint density at radius 2 is 1.75 bits per heavy atom. The number of hydrogen-bond acceptors (Lipinski definition) is 3. The van der Waals surface area contributed by atoms with Crippen LogP contribution in [0.3, 0.4) is 0 Å². The van der Waals surface area contributed by atoms with Crippen molar-refractivity contribution in [2.24, 2.45) is 0 Å². The average molecular weight is 378 g/mol. The number of nitrogens with zero attached hydrogens (tertiary/aromatic N) is 2. The van der Waals surface area contributed by atoms with E-state index >= 15 is 0 Å². The maximum Gasteiger partial charge on any atom is 0.256 e. The molecule has 0 unspecified atom stereocenters. The Bertz CT molecular complexity index is 930. The van der Waals surface area contributed by atoms with E-state index in [2.05, 4.69) is 4.57 Å². The smallest absolute Gasteiger partial charge is 0.256 e. The molecule has 3 aromatic rings. The van der Waals surface area contributed by atoms with Gasteiger partial charge in [0.2, 0.25) is 0 Å². The van der Waals surface area contributed by atoms with Gasteiger partial charge in [-0.05, 0) is 49.7 Å². The predicted molar refractivity (Wildman–Crippen MR) is 110 cm³/mol. The van der Waals surface area contributed by atoms with Gasteiger partial charge in [-0.2, -0.15) is 0 Å². The van der Waals surface area contributed by atoms with Crippen molar-refractivity contribution in [1.82, 2.24) is 9.47 Å². The summed E-state index contributed by atoms with van der Waals surface area (Å²) in [6, 6.07) is 19.5. The zero-order valence-electron chi connectivity index (χ0n) is 16.6. The Morgan fingerprint density at radius 1 is 1.07 bits per heavy atom. The van der Waals surface area contributed by atoms with Crippen LogP contribution in [-0.2, 0) is 6.54 Å². The third kappa shape index (κ3) is 4.10. The molecule has 1 amide bonds. The summed E-state index contributed by atoms with van der Waals surface area (Å²) in [5, 5.41) is 9.46. The van der Waals surface area contributed by atoms with Gasteiger partial charge in [0.25, 0.3) is 5.91 Å². The zero-order valence-corrected chi connectivity index (χ0v) is 16.6. The quantitative estimate of drug-likeness (QED) is 0.681. The number of carbonyl (C=O) groups excluding carboxylic acids is 1. The van der Waals surface area contributed by atoms with Crippen LogP contribution in [0.4, 0.5) is 0 Å². The molecular weight excluding hydrogens is 352 g/mol. The summed E-state index contributed by atoms with van der Waals surface area (Å²) in [5.74, 6) is 0.713. The molecule has 0 radical (unpaired) electrons. The van der Waals surface area contributed by atoms with Crippen LogP contribution >= 0.6 is 0 Å². The van der Waals surface area contributed by atoms with Gasteiger partial charge in [0, 0.05) is 30.2 Å². The van der Waals surface area contributed by atoms with E-state index in [1.165, 1.54) is 0 Å². The van der Waals surface area contributed by atoms with Gasteiger partial charge in [0.1, 0.15) is 5.75 Å². The number of amides is 1. The fourth-order valence-electron chi connectivity index (χ4n) is 3.46. The van der Waals surface area contributed by atoms with Gasteiger partial charge in [-0.3, -0.25) is 4.79 Å². The van der Waals surface area contributed by atoms with E-state index in [0.717, 1.165) is 28.4 Å². The lowest BCUT2D eigenvalue weighted by Gasteiger charge is -2.22. The Labute approximate surface area is 165 Å². The van der Waals surface area contributed by atoms with Gasteiger partial charge >= 0.3 is 0 Å². The summed E-state index contributed by atoms with van der Waals surface area (Å²) >= 11 is 0. The van der Waals surface area contributed by atoms with Crippen molar-refractivity contribution < 1.29 is 14.6 Å². The number of ether oxygens (including phenoxy) is 1. The van der Waals surface area contributed by atoms with E-state index in [1.54, 1.807) is 12.0 Å². The number of hydrogen-bond donors (Lipinski definition) is 1. The topological polar surface area (TPSA) is 54.7 Å². The summed E-state index contributed by atoms with van der Waals surface area (Å²) in [7, 11) is 1.64. The van der Waals surface area contributed by atoms with E-state index in [0.29, 0.717) is 18.7 Å². The second kappa shape index (κ2) is 8.76. The van der Waals surface area contributed by atoms with E-state index in [4.69, 9.17) is 4.74 Å². The highest BCUT2D eigenvalue weighted by Gasteiger charge is 2.22. The van der Waals surface area contributed by atoms with Crippen molar-refractivity contribution in [3.63, 3.8) is 0 Å². The van der Waals surface area contributed by atoms with Crippen LogP contribution in [0.15, 0.2) is 60.7 Å². The lowest BCUT2D eigenvalue weighted by molar-refractivity contribution is 0.0707. The number of aliphatic hydroxyl groups excluding tert-OH is 1. The highest BCUT2D eigenvalue weighted by atomic mass is 16.5. The Kier molecular flexibility index (Phi) is 6.16. The minimum Gasteiger partial charge on any atom is -0.497 e. The fourth-order valence-corrected chi connectivity index (χ4v) is 3.46. The number of rotatable bonds is 7. The molecule has 1 heterocycles. The lowest BCUT2D eigenvalue weighted by Crippen LogP contribution is -2.33. The normalized spacial score (nSPS) is 10.7. The van der Waals surface area contributed by atoms with E-state index in [9.17, 15) is 9.90 Å². The molecule has 28 heavy (non-hydrogen) atoms. The van der Waals surface area contributed by atoms with Crippen molar-refractivity contribution in [2.75, 3.05) is 20.3 Å². The van der Waals surface area contributed by atoms with Gasteiger partial charge < -0.3 is 19.3 Å². The van der Waals surface area contributed by atoms with Gasteiger partial charge in [0.15, 0.2) is 0 Å². The van der Waals surface area contributed by atoms with Crippen LogP contribution in [0, 0.1) is 13.8 Å². The summed E-state index contributed by atoms with van der Waals surface area (Å²) in [6.07, 6.45) is 0. The summed E-state index contributed by atoms with van der Waals surface area (Å²) in [5.41, 5.74) is 4.52. The maximum atomic E-state index is 13.2. The molecule has 146 valence electrons. The average Bonchev–Trinajstić information content (AvgIpc) is 3.02. The molecule has 2 aromatic carbocycles. The lowest BCUT2D eigenvalue weighted by atomic mass is 10.1. The molecule has 0 atom stereocenters. The maximum absolute atomic E-state index is 13.2. The molecule has 0 spiro atoms. The summed E-state index contributed by atoms with van der Waals surface area (Å²) in [6.45, 7) is 4.62. The molecule has 5 heteroatoms. The van der Waals surface area contributed by atoms with Gasteiger partial charge in [0.05, 0.1) is 19.3 Å². The first-order valence-corrected chi connectivity index (χ1v) is 9.32. The third-order valence-electron chi connectivity index (χ3n) is 4.87. The second-order valence-corrected chi connectivity index (χ2v) is 6.75. The molecule has 0 aliphatic rings. The van der Waals surface area contributed by atoms with Gasteiger partial charge in [-0.15, -0.1) is 0 Å². The Hall–Kier alpha value is -3.05. The minimum atomic E-state index is -0.0780. The number of benzene rings is 2. The molecule has 0 saturated heterocycles. The number of methoxy groups -OCH3 is 1. The van der Waals surface area contributed by atoms with Crippen LogP contribution in [0.1, 0.15) is 27.3 Å². The molecule has 1 aromatic heterocycles. The summed E-state index contributed by atoms with van der Waals surface area (Å²) < 4.78 is 7.29. The first kappa shape index (κ1) is 19.7. The number of aromatic nitrogens is 1.